The molecule has 0 unspecified atom stereocenters. The molecule has 0 atom stereocenters. The second-order valence-corrected chi connectivity index (χ2v) is 2.55. The molecule has 10 heavy (non-hydrogen) atoms. The molecule has 0 bridgehead atoms. The molecule has 1 N–H and O–H groups in total. The smallest absolute Gasteiger partial charge is 0.305 e. The van der Waals surface area contributed by atoms with E-state index in [9.17, 15) is 10.1 Å². The highest BCUT2D eigenvalue weighted by atomic mass is 32.2. The molecule has 54 valence electrons. The Morgan fingerprint density at radius 3 is 3.00 bits per heavy atom. The number of H-pyrrole nitrogens is 1. The van der Waals surface area contributed by atoms with Crippen LogP contribution < -0.4 is 0 Å². The van der Waals surface area contributed by atoms with Crippen molar-refractivity contribution in [3.05, 3.63) is 22.0 Å². The summed E-state index contributed by atoms with van der Waals surface area (Å²) < 4.78 is -0.502. The average molecular weight is 159 g/mol. The van der Waals surface area contributed by atoms with Crippen LogP contribution in [0.3, 0.4) is 0 Å². The molecular weight excluding hydrogens is 154 g/mol. The minimum absolute atomic E-state index is 0.322. The van der Waals surface area contributed by atoms with Gasteiger partial charge < -0.3 is 4.98 Å². The summed E-state index contributed by atoms with van der Waals surface area (Å²) in [6.45, 7) is 1.79. The monoisotopic (exact) mass is 159 g/mol. The van der Waals surface area contributed by atoms with Crippen molar-refractivity contribution in [3.63, 3.8) is 0 Å². The Labute approximate surface area is 61.1 Å². The number of rotatable bonds is 2. The lowest BCUT2D eigenvalue weighted by atomic mass is 10.6. The first-order chi connectivity index (χ1) is 4.68. The largest absolute Gasteiger partial charge is 0.332 e. The second-order valence-electron chi connectivity index (χ2n) is 1.69. The van der Waals surface area contributed by atoms with E-state index in [1.807, 2.05) is 0 Å². The summed E-state index contributed by atoms with van der Waals surface area (Å²) in [6, 6.07) is 0. The molecule has 0 aromatic carbocycles. The molecule has 1 aromatic heterocycles. The van der Waals surface area contributed by atoms with Crippen molar-refractivity contribution in [1.29, 1.82) is 0 Å². The van der Waals surface area contributed by atoms with Crippen LogP contribution in [0.15, 0.2) is 11.4 Å². The SMILES string of the molecule is Cc1cnc(S[N+](=O)[O-])[nH]1. The van der Waals surface area contributed by atoms with Crippen LogP contribution in [0.4, 0.5) is 0 Å². The number of nitrogens with zero attached hydrogens (tertiary/aromatic N) is 2. The van der Waals surface area contributed by atoms with Crippen LogP contribution in [0.2, 0.25) is 0 Å². The number of hydrogen-bond donors (Lipinski definition) is 1. The molecule has 0 spiro atoms. The minimum atomic E-state index is -0.502. The van der Waals surface area contributed by atoms with Gasteiger partial charge in [-0.15, -0.1) is 0 Å². The van der Waals surface area contributed by atoms with E-state index in [4.69, 9.17) is 0 Å². The quantitative estimate of drug-likeness (QED) is 0.397. The van der Waals surface area contributed by atoms with E-state index in [0.717, 1.165) is 5.69 Å². The fourth-order valence-electron chi connectivity index (χ4n) is 0.506. The summed E-state index contributed by atoms with van der Waals surface area (Å²) in [6.07, 6.45) is 1.55. The first kappa shape index (κ1) is 7.07. The zero-order valence-corrected chi connectivity index (χ0v) is 6.01. The molecule has 0 radical (unpaired) electrons. The van der Waals surface area contributed by atoms with Crippen molar-refractivity contribution in [3.8, 4) is 0 Å². The van der Waals surface area contributed by atoms with Gasteiger partial charge in [-0.25, -0.2) is 4.98 Å². The standard InChI is InChI=1S/C4H5N3O2S/c1-3-2-5-4(6-3)10-7(8)9/h2H,1H3,(H,5,6). The van der Waals surface area contributed by atoms with E-state index < -0.39 is 4.33 Å². The van der Waals surface area contributed by atoms with Crippen LogP contribution in [-0.4, -0.2) is 14.3 Å². The highest BCUT2D eigenvalue weighted by Gasteiger charge is 2.07. The molecule has 0 amide bonds. The van der Waals surface area contributed by atoms with Crippen LogP contribution in [0.25, 0.3) is 0 Å². The molecule has 0 saturated heterocycles. The van der Waals surface area contributed by atoms with E-state index in [2.05, 4.69) is 9.97 Å². The summed E-state index contributed by atoms with van der Waals surface area (Å²) >= 11 is 0.475. The maximum Gasteiger partial charge on any atom is 0.305 e. The molecule has 1 rings (SSSR count). The van der Waals surface area contributed by atoms with Crippen molar-refractivity contribution in [1.82, 2.24) is 9.97 Å². The van der Waals surface area contributed by atoms with Gasteiger partial charge in [0.05, 0.1) is 0 Å². The van der Waals surface area contributed by atoms with Gasteiger partial charge in [-0.1, -0.05) is 0 Å². The van der Waals surface area contributed by atoms with Crippen molar-refractivity contribution in [2.75, 3.05) is 0 Å². The van der Waals surface area contributed by atoms with Crippen molar-refractivity contribution in [2.24, 2.45) is 0 Å². The number of nitrogens with one attached hydrogen (secondary N) is 1. The molecule has 0 saturated carbocycles. The van der Waals surface area contributed by atoms with Gasteiger partial charge in [-0.05, 0) is 6.92 Å². The van der Waals surface area contributed by atoms with Crippen molar-refractivity contribution < 1.29 is 4.33 Å². The molecule has 0 aliphatic heterocycles. The third-order valence-corrected chi connectivity index (χ3v) is 1.37. The molecule has 0 aliphatic carbocycles. The lowest BCUT2D eigenvalue weighted by Gasteiger charge is -1.81. The number of aromatic amines is 1. The lowest BCUT2D eigenvalue weighted by molar-refractivity contribution is -0.284. The van der Waals surface area contributed by atoms with E-state index >= 15 is 0 Å². The Bertz CT molecular complexity index is 246. The van der Waals surface area contributed by atoms with E-state index in [0.29, 0.717) is 17.1 Å². The fourth-order valence-corrected chi connectivity index (χ4v) is 0.953. The van der Waals surface area contributed by atoms with E-state index in [1.54, 1.807) is 13.1 Å². The molecule has 1 heterocycles. The van der Waals surface area contributed by atoms with Gasteiger partial charge in [0, 0.05) is 11.9 Å². The first-order valence-electron chi connectivity index (χ1n) is 2.52. The summed E-state index contributed by atoms with van der Waals surface area (Å²) in [4.78, 5) is 16.3. The molecular formula is C4H5N3O2S. The summed E-state index contributed by atoms with van der Waals surface area (Å²) in [5.41, 5.74) is 0.823. The first-order valence-corrected chi connectivity index (χ1v) is 3.30. The molecule has 6 heteroatoms. The van der Waals surface area contributed by atoms with Crippen LogP contribution in [-0.2, 0) is 0 Å². The van der Waals surface area contributed by atoms with Crippen molar-refractivity contribution in [2.45, 2.75) is 12.1 Å². The van der Waals surface area contributed by atoms with Crippen LogP contribution >= 0.6 is 11.9 Å². The number of imidazole rings is 1. The number of aromatic nitrogens is 2. The lowest BCUT2D eigenvalue weighted by Crippen LogP contribution is -1.84. The maximum atomic E-state index is 9.89. The van der Waals surface area contributed by atoms with Gasteiger partial charge in [0.15, 0.2) is 0 Å². The summed E-state index contributed by atoms with van der Waals surface area (Å²) in [5, 5.41) is 10.2. The van der Waals surface area contributed by atoms with Crippen LogP contribution in [0, 0.1) is 17.0 Å². The van der Waals surface area contributed by atoms with Crippen LogP contribution in [0.1, 0.15) is 5.69 Å². The van der Waals surface area contributed by atoms with Crippen LogP contribution in [0.5, 0.6) is 0 Å². The molecule has 0 aliphatic rings. The number of nitro groups is 1. The Kier molecular flexibility index (Phi) is 1.91. The Balaban J connectivity index is 2.67. The second kappa shape index (κ2) is 2.70. The predicted molar refractivity (Wildman–Crippen MR) is 36.2 cm³/mol. The fraction of sp³-hybridized carbons (Fsp3) is 0.250. The molecule has 5 nitrogen and oxygen atoms in total. The predicted octanol–water partition coefficient (Wildman–Crippen LogP) is 1.00. The average Bonchev–Trinajstić information content (AvgIpc) is 2.13. The third-order valence-electron chi connectivity index (χ3n) is 0.841. The van der Waals surface area contributed by atoms with Gasteiger partial charge in [0.25, 0.3) is 0 Å². The number of aryl methyl sites for hydroxylation is 1. The number of hydrogen-bond acceptors (Lipinski definition) is 4. The molecule has 1 aromatic rings. The van der Waals surface area contributed by atoms with Gasteiger partial charge in [-0.2, -0.15) is 0 Å². The van der Waals surface area contributed by atoms with Gasteiger partial charge >= 0.3 is 11.9 Å². The van der Waals surface area contributed by atoms with Gasteiger partial charge in [-0.3, -0.25) is 10.1 Å². The third kappa shape index (κ3) is 1.73. The van der Waals surface area contributed by atoms with Crippen molar-refractivity contribution >= 4 is 11.9 Å². The zero-order valence-electron chi connectivity index (χ0n) is 5.20. The Hall–Kier alpha value is -1.04. The normalized spacial score (nSPS) is 9.70. The highest BCUT2D eigenvalue weighted by Crippen LogP contribution is 2.12. The van der Waals surface area contributed by atoms with Gasteiger partial charge in [0.1, 0.15) is 4.33 Å². The topological polar surface area (TPSA) is 71.8 Å². The zero-order chi connectivity index (χ0) is 7.56. The maximum absolute atomic E-state index is 9.89. The molecule has 0 fully saturated rings. The Morgan fingerprint density at radius 1 is 1.90 bits per heavy atom. The highest BCUT2D eigenvalue weighted by molar-refractivity contribution is 7.93. The Morgan fingerprint density at radius 2 is 2.60 bits per heavy atom. The van der Waals surface area contributed by atoms with E-state index in [-0.39, 0.29) is 0 Å². The summed E-state index contributed by atoms with van der Waals surface area (Å²) in [7, 11) is 0. The minimum Gasteiger partial charge on any atom is -0.332 e. The summed E-state index contributed by atoms with van der Waals surface area (Å²) in [5.74, 6) is 0. The van der Waals surface area contributed by atoms with Gasteiger partial charge in [0.2, 0.25) is 5.16 Å². The van der Waals surface area contributed by atoms with E-state index in [1.165, 1.54) is 0 Å².